The molecule has 0 fully saturated rings. The van der Waals surface area contributed by atoms with E-state index in [1.807, 2.05) is 13.8 Å². The van der Waals surface area contributed by atoms with Gasteiger partial charge in [-0.2, -0.15) is 5.10 Å². The van der Waals surface area contributed by atoms with Gasteiger partial charge in [0, 0.05) is 6.54 Å². The second-order valence-electron chi connectivity index (χ2n) is 5.61. The number of hydrazone groups is 1. The number of hydrogen-bond donors (Lipinski definition) is 2. The van der Waals surface area contributed by atoms with Crippen LogP contribution in [-0.2, 0) is 0 Å². The number of ether oxygens (including phenoxy) is 1. The van der Waals surface area contributed by atoms with Crippen molar-refractivity contribution in [2.24, 2.45) is 5.10 Å². The first-order chi connectivity index (χ1) is 13.0. The lowest BCUT2D eigenvalue weighted by Crippen LogP contribution is -2.21. The molecule has 0 bridgehead atoms. The Kier molecular flexibility index (Phi) is 5.89. The number of rotatable bonds is 7. The Morgan fingerprint density at radius 3 is 2.81 bits per heavy atom. The molecule has 0 spiro atoms. The highest BCUT2D eigenvalue weighted by Gasteiger charge is 2.16. The Morgan fingerprint density at radius 1 is 1.30 bits per heavy atom. The van der Waals surface area contributed by atoms with Gasteiger partial charge in [0.2, 0.25) is 0 Å². The predicted octanol–water partition coefficient (Wildman–Crippen LogP) is 2.22. The summed E-state index contributed by atoms with van der Waals surface area (Å²) >= 11 is 1.60. The molecule has 2 N–H and O–H groups in total. The minimum atomic E-state index is -1.91. The van der Waals surface area contributed by atoms with Gasteiger partial charge in [-0.3, -0.25) is 0 Å². The largest absolute Gasteiger partial charge is 0.707 e. The molecule has 0 aliphatic rings. The van der Waals surface area contributed by atoms with Gasteiger partial charge in [0.05, 0.1) is 23.5 Å². The fourth-order valence-electron chi connectivity index (χ4n) is 2.54. The van der Waals surface area contributed by atoms with Crippen LogP contribution in [-0.4, -0.2) is 47.2 Å². The lowest BCUT2D eigenvalue weighted by molar-refractivity contribution is 0.279. The van der Waals surface area contributed by atoms with E-state index in [2.05, 4.69) is 20.4 Å². The molecule has 3 aromatic rings. The summed E-state index contributed by atoms with van der Waals surface area (Å²) in [6.45, 7) is 4.65. The second-order valence-corrected chi connectivity index (χ2v) is 6.49. The number of anilines is 1. The van der Waals surface area contributed by atoms with Crippen LogP contribution in [0, 0.1) is 6.92 Å². The topological polar surface area (TPSA) is 100 Å². The monoisotopic (exact) mass is 386 g/mol. The summed E-state index contributed by atoms with van der Waals surface area (Å²) in [5, 5.41) is 26.3. The molecule has 0 aliphatic carbocycles. The summed E-state index contributed by atoms with van der Waals surface area (Å²) in [7, 11) is -0.439. The molecule has 0 radical (unpaired) electrons. The molecule has 27 heavy (non-hydrogen) atoms. The van der Waals surface area contributed by atoms with Crippen LogP contribution in [0.2, 0.25) is 0 Å². The molecule has 8 nitrogen and oxygen atoms in total. The smallest absolute Gasteiger partial charge is 0.509 e. The second kappa shape index (κ2) is 8.34. The highest BCUT2D eigenvalue weighted by molar-refractivity contribution is 7.18. The first-order valence-corrected chi connectivity index (χ1v) is 9.12. The van der Waals surface area contributed by atoms with E-state index in [0.29, 0.717) is 12.3 Å². The summed E-state index contributed by atoms with van der Waals surface area (Å²) in [5.41, 5.74) is 2.81. The van der Waals surface area contributed by atoms with Crippen molar-refractivity contribution in [1.29, 1.82) is 0 Å². The number of benzene rings is 1. The van der Waals surface area contributed by atoms with Crippen LogP contribution in [0.1, 0.15) is 18.1 Å². The summed E-state index contributed by atoms with van der Waals surface area (Å²) in [6, 6.07) is 5.02. The number of aromatic nitrogens is 2. The maximum Gasteiger partial charge on any atom is 0.707 e. The van der Waals surface area contributed by atoms with Crippen molar-refractivity contribution >= 4 is 40.9 Å². The molecule has 0 aliphatic heterocycles. The normalized spacial score (nSPS) is 11.1. The quantitative estimate of drug-likeness (QED) is 0.365. The molecular weight excluding hydrogens is 367 g/mol. The van der Waals surface area contributed by atoms with Gasteiger partial charge < -0.3 is 19.4 Å². The first kappa shape index (κ1) is 19.1. The molecule has 1 aromatic carbocycles. The van der Waals surface area contributed by atoms with Crippen LogP contribution in [0.5, 0.6) is 11.5 Å². The number of nitrogens with zero attached hydrogens (tertiary/aromatic N) is 4. The van der Waals surface area contributed by atoms with E-state index in [1.54, 1.807) is 47.1 Å². The van der Waals surface area contributed by atoms with Crippen molar-refractivity contribution in [2.75, 3.05) is 18.7 Å². The van der Waals surface area contributed by atoms with Crippen LogP contribution < -0.4 is 14.4 Å². The third-order valence-electron chi connectivity index (χ3n) is 3.82. The Hall–Kier alpha value is -2.69. The highest BCUT2D eigenvalue weighted by atomic mass is 32.1. The third-order valence-corrected chi connectivity index (χ3v) is 4.91. The maximum atomic E-state index is 8.95. The molecule has 3 rings (SSSR count). The zero-order valence-electron chi connectivity index (χ0n) is 15.2. The van der Waals surface area contributed by atoms with Crippen LogP contribution in [0.3, 0.4) is 0 Å². The van der Waals surface area contributed by atoms with Crippen molar-refractivity contribution in [3.05, 3.63) is 41.0 Å². The molecule has 2 aromatic heterocycles. The zero-order chi connectivity index (χ0) is 19.4. The average molecular weight is 386 g/mol. The number of aryl methyl sites for hydroxylation is 1. The maximum absolute atomic E-state index is 8.95. The number of methoxy groups -OCH3 is 1. The van der Waals surface area contributed by atoms with Gasteiger partial charge in [-0.1, -0.05) is 0 Å². The van der Waals surface area contributed by atoms with Gasteiger partial charge in [-0.05, 0) is 48.6 Å². The minimum absolute atomic E-state index is 0.226. The predicted molar refractivity (Wildman–Crippen MR) is 107 cm³/mol. The Labute approximate surface area is 160 Å². The van der Waals surface area contributed by atoms with Crippen LogP contribution in [0.4, 0.5) is 5.82 Å². The fourth-order valence-corrected chi connectivity index (χ4v) is 3.53. The lowest BCUT2D eigenvalue weighted by atomic mass is 10.2. The van der Waals surface area contributed by atoms with E-state index in [-0.39, 0.29) is 5.75 Å². The molecule has 10 heteroatoms. The lowest BCUT2D eigenvalue weighted by Gasteiger charge is -2.16. The Bertz CT molecular complexity index is 963. The average Bonchev–Trinajstić information content (AvgIpc) is 3.04. The summed E-state index contributed by atoms with van der Waals surface area (Å²) < 4.78 is 11.1. The Balaban J connectivity index is 1.89. The van der Waals surface area contributed by atoms with Gasteiger partial charge in [0.15, 0.2) is 11.6 Å². The Morgan fingerprint density at radius 2 is 2.11 bits per heavy atom. The van der Waals surface area contributed by atoms with Crippen LogP contribution in [0.25, 0.3) is 10.2 Å². The standard InChI is InChI=1S/C17H19BN4O4S/c1-4-22(17-16-15(19-10-20-17)11(2)9-27-16)21-8-12-5-6-13(26-18(23)24)14(7-12)25-3/h5-10,23-24H,4H2,1-3H3/b21-8+. The summed E-state index contributed by atoms with van der Waals surface area (Å²) in [4.78, 5) is 8.74. The van der Waals surface area contributed by atoms with Crippen molar-refractivity contribution < 1.29 is 19.4 Å². The van der Waals surface area contributed by atoms with E-state index >= 15 is 0 Å². The molecule has 0 atom stereocenters. The molecule has 0 saturated heterocycles. The molecule has 0 saturated carbocycles. The molecule has 0 unspecified atom stereocenters. The molecule has 0 amide bonds. The fraction of sp³-hybridized carbons (Fsp3) is 0.235. The van der Waals surface area contributed by atoms with Gasteiger partial charge >= 0.3 is 7.32 Å². The number of hydrogen-bond acceptors (Lipinski definition) is 9. The zero-order valence-corrected chi connectivity index (χ0v) is 16.0. The molecule has 2 heterocycles. The van der Waals surface area contributed by atoms with Crippen LogP contribution in [0.15, 0.2) is 35.0 Å². The van der Waals surface area contributed by atoms with E-state index in [0.717, 1.165) is 27.2 Å². The molecular formula is C17H19BN4O4S. The van der Waals surface area contributed by atoms with E-state index < -0.39 is 7.32 Å². The van der Waals surface area contributed by atoms with Gasteiger partial charge in [0.1, 0.15) is 12.1 Å². The van der Waals surface area contributed by atoms with Crippen molar-refractivity contribution in [3.63, 3.8) is 0 Å². The van der Waals surface area contributed by atoms with E-state index in [1.165, 1.54) is 7.11 Å². The number of fused-ring (bicyclic) bond motifs is 1. The van der Waals surface area contributed by atoms with Crippen molar-refractivity contribution in [2.45, 2.75) is 13.8 Å². The third kappa shape index (κ3) is 4.18. The van der Waals surface area contributed by atoms with Gasteiger partial charge in [-0.15, -0.1) is 11.3 Å². The van der Waals surface area contributed by atoms with Crippen molar-refractivity contribution in [1.82, 2.24) is 9.97 Å². The summed E-state index contributed by atoms with van der Waals surface area (Å²) in [5.74, 6) is 1.35. The van der Waals surface area contributed by atoms with E-state index in [9.17, 15) is 0 Å². The minimum Gasteiger partial charge on any atom is -0.509 e. The summed E-state index contributed by atoms with van der Waals surface area (Å²) in [6.07, 6.45) is 3.23. The van der Waals surface area contributed by atoms with Crippen LogP contribution >= 0.6 is 11.3 Å². The van der Waals surface area contributed by atoms with Gasteiger partial charge in [0.25, 0.3) is 0 Å². The van der Waals surface area contributed by atoms with Crippen molar-refractivity contribution in [3.8, 4) is 11.5 Å². The number of thiophene rings is 1. The van der Waals surface area contributed by atoms with E-state index in [4.69, 9.17) is 19.4 Å². The SMILES string of the molecule is CCN(/N=C/c1ccc(OB(O)O)c(OC)c1)c1ncnc2c(C)csc12. The highest BCUT2D eigenvalue weighted by Crippen LogP contribution is 2.31. The van der Waals surface area contributed by atoms with Gasteiger partial charge in [-0.25, -0.2) is 15.0 Å². The molecule has 140 valence electrons. The first-order valence-electron chi connectivity index (χ1n) is 8.24.